The number of carbonyl (C=O) groups excluding carboxylic acids is 2. The van der Waals surface area contributed by atoms with E-state index in [1.54, 1.807) is 56.3 Å². The number of esters is 2. The van der Waals surface area contributed by atoms with Crippen molar-refractivity contribution < 1.29 is 28.2 Å². The van der Waals surface area contributed by atoms with E-state index < -0.39 is 18.0 Å². The fraction of sp³-hybridized carbons (Fsp3) is 0.200. The van der Waals surface area contributed by atoms with Crippen molar-refractivity contribution in [1.29, 1.82) is 0 Å². The molecule has 4 aromatic rings. The van der Waals surface area contributed by atoms with Crippen molar-refractivity contribution in [1.82, 2.24) is 4.57 Å². The molecule has 0 saturated carbocycles. The van der Waals surface area contributed by atoms with Crippen LogP contribution in [-0.2, 0) is 14.3 Å². The van der Waals surface area contributed by atoms with Gasteiger partial charge in [0.05, 0.1) is 40.6 Å². The topological polar surface area (TPSA) is 109 Å². The highest BCUT2D eigenvalue weighted by Crippen LogP contribution is 2.36. The number of rotatable bonds is 7. The maximum absolute atomic E-state index is 13.9. The molecule has 0 fully saturated rings. The van der Waals surface area contributed by atoms with Crippen LogP contribution < -0.4 is 24.4 Å². The van der Waals surface area contributed by atoms with Gasteiger partial charge >= 0.3 is 11.9 Å². The Morgan fingerprint density at radius 2 is 1.93 bits per heavy atom. The zero-order chi connectivity index (χ0) is 29.3. The van der Waals surface area contributed by atoms with E-state index >= 15 is 0 Å². The van der Waals surface area contributed by atoms with Crippen molar-refractivity contribution in [3.63, 3.8) is 0 Å². The van der Waals surface area contributed by atoms with Crippen LogP contribution in [0.1, 0.15) is 38.1 Å². The summed E-state index contributed by atoms with van der Waals surface area (Å²) in [5, 5.41) is 0.546. The molecule has 0 amide bonds. The second-order valence-corrected chi connectivity index (χ2v) is 10.4. The summed E-state index contributed by atoms with van der Waals surface area (Å²) in [6.45, 7) is 4.83. The highest BCUT2D eigenvalue weighted by Gasteiger charge is 2.34. The highest BCUT2D eigenvalue weighted by molar-refractivity contribution is 7.07. The van der Waals surface area contributed by atoms with Crippen LogP contribution in [0, 0.1) is 0 Å². The molecule has 1 unspecified atom stereocenters. The monoisotopic (exact) mass is 592 g/mol. The first-order chi connectivity index (χ1) is 19.7. The van der Waals surface area contributed by atoms with Gasteiger partial charge in [0.1, 0.15) is 11.5 Å². The largest absolute Gasteiger partial charge is 0.493 e. The zero-order valence-corrected chi connectivity index (χ0v) is 24.2. The van der Waals surface area contributed by atoms with Gasteiger partial charge in [-0.15, -0.1) is 0 Å². The summed E-state index contributed by atoms with van der Waals surface area (Å²) < 4.78 is 23.8. The first-order valence-corrected chi connectivity index (χ1v) is 13.8. The molecule has 1 aliphatic rings. The van der Waals surface area contributed by atoms with Gasteiger partial charge in [-0.1, -0.05) is 41.1 Å². The SMILES string of the molecule is CCOC(=O)C1=C(C)N=c2s/c(=C/c3ccc(-c4ccccc4Cl)o3)c(=O)n2C1c1ccc(OC(C)=O)c(OC)c1. The molecule has 0 spiro atoms. The van der Waals surface area contributed by atoms with Gasteiger partial charge in [-0.3, -0.25) is 14.2 Å². The molecule has 210 valence electrons. The van der Waals surface area contributed by atoms with Crippen LogP contribution in [0.15, 0.2) is 80.1 Å². The van der Waals surface area contributed by atoms with Crippen molar-refractivity contribution in [2.75, 3.05) is 13.7 Å². The molecule has 9 nitrogen and oxygen atoms in total. The number of allylic oxidation sites excluding steroid dienone is 1. The smallest absolute Gasteiger partial charge is 0.338 e. The van der Waals surface area contributed by atoms with Gasteiger partial charge in [-0.05, 0) is 55.8 Å². The number of hydrogen-bond donors (Lipinski definition) is 0. The van der Waals surface area contributed by atoms with Gasteiger partial charge in [0.2, 0.25) is 0 Å². The molecule has 2 aromatic carbocycles. The second-order valence-electron chi connectivity index (χ2n) is 8.99. The second kappa shape index (κ2) is 11.6. The Bertz CT molecular complexity index is 1880. The first kappa shape index (κ1) is 28.1. The Hall–Kier alpha value is -4.41. The lowest BCUT2D eigenvalue weighted by molar-refractivity contribution is -0.139. The minimum Gasteiger partial charge on any atom is -0.493 e. The van der Waals surface area contributed by atoms with Gasteiger partial charge in [0, 0.05) is 18.6 Å². The average molecular weight is 593 g/mol. The van der Waals surface area contributed by atoms with Gasteiger partial charge in [-0.25, -0.2) is 9.79 Å². The van der Waals surface area contributed by atoms with Gasteiger partial charge in [0.15, 0.2) is 16.3 Å². The summed E-state index contributed by atoms with van der Waals surface area (Å²) >= 11 is 7.49. The Balaban J connectivity index is 1.66. The summed E-state index contributed by atoms with van der Waals surface area (Å²) in [6, 6.07) is 14.8. The van der Waals surface area contributed by atoms with Gasteiger partial charge < -0.3 is 18.6 Å². The molecule has 0 aliphatic carbocycles. The van der Waals surface area contributed by atoms with Crippen molar-refractivity contribution in [3.8, 4) is 22.8 Å². The van der Waals surface area contributed by atoms with Crippen LogP contribution in [0.5, 0.6) is 11.5 Å². The zero-order valence-electron chi connectivity index (χ0n) is 22.6. The summed E-state index contributed by atoms with van der Waals surface area (Å²) in [6.07, 6.45) is 1.63. The van der Waals surface area contributed by atoms with Crippen LogP contribution in [0.2, 0.25) is 5.02 Å². The maximum Gasteiger partial charge on any atom is 0.338 e. The molecule has 0 N–H and O–H groups in total. The Morgan fingerprint density at radius 3 is 2.63 bits per heavy atom. The predicted octanol–water partition coefficient (Wildman–Crippen LogP) is 4.65. The number of carbonyl (C=O) groups is 2. The molecular formula is C30H25ClN2O7S. The van der Waals surface area contributed by atoms with E-state index in [1.165, 1.54) is 29.9 Å². The molecule has 3 heterocycles. The number of fused-ring (bicyclic) bond motifs is 1. The standard InChI is InChI=1S/C30H25ClN2O7S/c1-5-38-29(36)26-16(2)32-30-33(27(26)18-10-12-23(39-17(3)34)24(14-18)37-4)28(35)25(41-30)15-19-11-13-22(40-19)20-8-6-7-9-21(20)31/h6-15,27H,5H2,1-4H3/b25-15+. The third-order valence-corrected chi connectivity index (χ3v) is 7.63. The lowest BCUT2D eigenvalue weighted by atomic mass is 9.95. The fourth-order valence-electron chi connectivity index (χ4n) is 4.57. The molecular weight excluding hydrogens is 568 g/mol. The summed E-state index contributed by atoms with van der Waals surface area (Å²) in [4.78, 5) is 43.6. The summed E-state index contributed by atoms with van der Waals surface area (Å²) in [5.74, 6) is 0.388. The quantitative estimate of drug-likeness (QED) is 0.227. The van der Waals surface area contributed by atoms with Gasteiger partial charge in [0.25, 0.3) is 5.56 Å². The van der Waals surface area contributed by atoms with Crippen LogP contribution >= 0.6 is 22.9 Å². The lowest BCUT2D eigenvalue weighted by Gasteiger charge is -2.25. The minimum absolute atomic E-state index is 0.147. The number of hydrogen-bond acceptors (Lipinski definition) is 9. The number of halogens is 1. The Labute approximate surface area is 243 Å². The predicted molar refractivity (Wildman–Crippen MR) is 154 cm³/mol. The molecule has 1 aliphatic heterocycles. The number of methoxy groups -OCH3 is 1. The molecule has 0 saturated heterocycles. The molecule has 2 aromatic heterocycles. The third-order valence-electron chi connectivity index (χ3n) is 6.31. The molecule has 41 heavy (non-hydrogen) atoms. The summed E-state index contributed by atoms with van der Waals surface area (Å²) in [7, 11) is 1.44. The summed E-state index contributed by atoms with van der Waals surface area (Å²) in [5.41, 5.74) is 1.54. The van der Waals surface area contributed by atoms with Crippen molar-refractivity contribution in [2.45, 2.75) is 26.8 Å². The lowest BCUT2D eigenvalue weighted by Crippen LogP contribution is -2.39. The number of aromatic nitrogens is 1. The van der Waals surface area contributed by atoms with E-state index in [1.807, 2.05) is 18.2 Å². The highest BCUT2D eigenvalue weighted by atomic mass is 35.5. The fourth-order valence-corrected chi connectivity index (χ4v) is 5.82. The number of furan rings is 1. The van der Waals surface area contributed by atoms with Gasteiger partial charge in [-0.2, -0.15) is 0 Å². The van der Waals surface area contributed by atoms with Crippen LogP contribution in [-0.4, -0.2) is 30.2 Å². The van der Waals surface area contributed by atoms with Crippen LogP contribution in [0.3, 0.4) is 0 Å². The number of thiazole rings is 1. The van der Waals surface area contributed by atoms with E-state index in [0.29, 0.717) is 37.1 Å². The normalized spacial score (nSPS) is 14.9. The average Bonchev–Trinajstić information content (AvgIpc) is 3.52. The van der Waals surface area contributed by atoms with Crippen LogP contribution in [0.4, 0.5) is 0 Å². The number of ether oxygens (including phenoxy) is 3. The molecule has 0 bridgehead atoms. The number of benzene rings is 2. The Morgan fingerprint density at radius 1 is 1.15 bits per heavy atom. The molecule has 1 atom stereocenters. The van der Waals surface area contributed by atoms with Crippen molar-refractivity contribution in [3.05, 3.63) is 102 Å². The molecule has 0 radical (unpaired) electrons. The maximum atomic E-state index is 13.9. The van der Waals surface area contributed by atoms with Crippen LogP contribution in [0.25, 0.3) is 17.4 Å². The first-order valence-electron chi connectivity index (χ1n) is 12.6. The van der Waals surface area contributed by atoms with E-state index in [4.69, 9.17) is 30.2 Å². The number of nitrogens with zero attached hydrogens (tertiary/aromatic N) is 2. The minimum atomic E-state index is -0.872. The van der Waals surface area contributed by atoms with E-state index in [9.17, 15) is 14.4 Å². The molecule has 5 rings (SSSR count). The van der Waals surface area contributed by atoms with E-state index in [-0.39, 0.29) is 29.2 Å². The van der Waals surface area contributed by atoms with Crippen molar-refractivity contribution >= 4 is 41.0 Å². The van der Waals surface area contributed by atoms with Crippen molar-refractivity contribution in [2.24, 2.45) is 4.99 Å². The Kier molecular flexibility index (Phi) is 7.96. The van der Waals surface area contributed by atoms with E-state index in [2.05, 4.69) is 4.99 Å². The van der Waals surface area contributed by atoms with E-state index in [0.717, 1.165) is 5.56 Å². The third kappa shape index (κ3) is 5.48. The molecule has 11 heteroatoms.